The number of carboxylic acid groups (broad SMARTS) is 1. The minimum Gasteiger partial charge on any atom is -0.478 e. The number of benzene rings is 1. The van der Waals surface area contributed by atoms with E-state index in [2.05, 4.69) is 5.32 Å². The molecular formula is C14H13NO3S. The first-order valence-corrected chi connectivity index (χ1v) is 6.61. The molecule has 5 heteroatoms. The first kappa shape index (κ1) is 13.3. The number of carbonyl (C=O) groups excluding carboxylic acids is 1. The molecule has 1 aromatic carbocycles. The Labute approximate surface area is 114 Å². The van der Waals surface area contributed by atoms with Crippen molar-refractivity contribution in [2.45, 2.75) is 13.8 Å². The van der Waals surface area contributed by atoms with Crippen LogP contribution in [-0.4, -0.2) is 17.0 Å². The minimum absolute atomic E-state index is 0.156. The molecule has 1 aromatic heterocycles. The molecule has 0 atom stereocenters. The number of aromatic carboxylic acids is 1. The Balaban J connectivity index is 2.28. The van der Waals surface area contributed by atoms with Gasteiger partial charge in [0.25, 0.3) is 5.91 Å². The molecule has 0 radical (unpaired) electrons. The van der Waals surface area contributed by atoms with Crippen molar-refractivity contribution in [2.24, 2.45) is 0 Å². The molecule has 0 unspecified atom stereocenters. The van der Waals surface area contributed by atoms with Gasteiger partial charge in [-0.15, -0.1) is 0 Å². The Hall–Kier alpha value is -2.14. The summed E-state index contributed by atoms with van der Waals surface area (Å²) >= 11 is 1.46. The maximum atomic E-state index is 12.1. The lowest BCUT2D eigenvalue weighted by molar-refractivity contribution is 0.0696. The molecule has 0 bridgehead atoms. The van der Waals surface area contributed by atoms with E-state index in [0.29, 0.717) is 11.3 Å². The number of nitrogens with one attached hydrogen (secondary N) is 1. The van der Waals surface area contributed by atoms with Gasteiger partial charge in [0, 0.05) is 11.1 Å². The summed E-state index contributed by atoms with van der Waals surface area (Å²) in [5, 5.41) is 15.4. The molecule has 0 fully saturated rings. The van der Waals surface area contributed by atoms with Gasteiger partial charge >= 0.3 is 5.97 Å². The van der Waals surface area contributed by atoms with Gasteiger partial charge in [0.15, 0.2) is 0 Å². The Morgan fingerprint density at radius 1 is 1.16 bits per heavy atom. The third kappa shape index (κ3) is 2.82. The lowest BCUT2D eigenvalue weighted by Crippen LogP contribution is -2.13. The first-order chi connectivity index (χ1) is 8.99. The predicted molar refractivity (Wildman–Crippen MR) is 75.1 cm³/mol. The van der Waals surface area contributed by atoms with Crippen LogP contribution in [0.25, 0.3) is 0 Å². The highest BCUT2D eigenvalue weighted by atomic mass is 32.1. The van der Waals surface area contributed by atoms with Crippen LogP contribution in [-0.2, 0) is 0 Å². The Kier molecular flexibility index (Phi) is 3.66. The van der Waals surface area contributed by atoms with Crippen molar-refractivity contribution in [3.8, 4) is 0 Å². The van der Waals surface area contributed by atoms with Gasteiger partial charge < -0.3 is 10.4 Å². The Bertz CT molecular complexity index is 646. The van der Waals surface area contributed by atoms with Crippen LogP contribution in [0.5, 0.6) is 0 Å². The van der Waals surface area contributed by atoms with Gasteiger partial charge in [-0.25, -0.2) is 4.79 Å². The summed E-state index contributed by atoms with van der Waals surface area (Å²) in [4.78, 5) is 23.0. The van der Waals surface area contributed by atoms with Crippen molar-refractivity contribution < 1.29 is 14.7 Å². The lowest BCUT2D eigenvalue weighted by atomic mass is 10.1. The van der Waals surface area contributed by atoms with Crippen LogP contribution in [0.15, 0.2) is 29.0 Å². The molecule has 0 aliphatic carbocycles. The molecule has 2 rings (SSSR count). The Morgan fingerprint density at radius 2 is 1.89 bits per heavy atom. The molecular weight excluding hydrogens is 262 g/mol. The summed E-state index contributed by atoms with van der Waals surface area (Å²) in [5.41, 5.74) is 3.03. The summed E-state index contributed by atoms with van der Waals surface area (Å²) < 4.78 is 0. The normalized spacial score (nSPS) is 10.2. The van der Waals surface area contributed by atoms with Crippen LogP contribution < -0.4 is 5.32 Å². The van der Waals surface area contributed by atoms with Crippen LogP contribution >= 0.6 is 11.3 Å². The summed E-state index contributed by atoms with van der Waals surface area (Å²) in [5.74, 6) is -1.23. The maximum absolute atomic E-state index is 12.1. The van der Waals surface area contributed by atoms with Crippen molar-refractivity contribution in [2.75, 3.05) is 5.32 Å². The maximum Gasteiger partial charge on any atom is 0.335 e. The van der Waals surface area contributed by atoms with Crippen molar-refractivity contribution >= 4 is 28.9 Å². The van der Waals surface area contributed by atoms with Crippen LogP contribution in [0, 0.1) is 13.8 Å². The molecule has 0 saturated heterocycles. The molecule has 0 aliphatic heterocycles. The average Bonchev–Trinajstić information content (AvgIpc) is 2.78. The number of anilines is 1. The van der Waals surface area contributed by atoms with Crippen molar-refractivity contribution in [1.29, 1.82) is 0 Å². The highest BCUT2D eigenvalue weighted by molar-refractivity contribution is 7.08. The van der Waals surface area contributed by atoms with E-state index in [0.717, 1.165) is 11.1 Å². The lowest BCUT2D eigenvalue weighted by Gasteiger charge is -2.09. The highest BCUT2D eigenvalue weighted by Crippen LogP contribution is 2.20. The van der Waals surface area contributed by atoms with Crippen LogP contribution in [0.4, 0.5) is 5.69 Å². The fraction of sp³-hybridized carbons (Fsp3) is 0.143. The van der Waals surface area contributed by atoms with E-state index in [9.17, 15) is 9.59 Å². The molecule has 98 valence electrons. The third-order valence-corrected chi connectivity index (χ3v) is 3.69. The van der Waals surface area contributed by atoms with E-state index in [1.165, 1.54) is 23.5 Å². The zero-order chi connectivity index (χ0) is 14.0. The van der Waals surface area contributed by atoms with Gasteiger partial charge in [-0.3, -0.25) is 4.79 Å². The SMILES string of the molecule is Cc1ccc(C(=O)O)cc1NC(=O)c1cscc1C. The molecule has 1 heterocycles. The second-order valence-corrected chi connectivity index (χ2v) is 5.00. The first-order valence-electron chi connectivity index (χ1n) is 5.67. The number of rotatable bonds is 3. The highest BCUT2D eigenvalue weighted by Gasteiger charge is 2.12. The van der Waals surface area contributed by atoms with Crippen molar-refractivity contribution in [3.63, 3.8) is 0 Å². The number of hydrogen-bond donors (Lipinski definition) is 2. The van der Waals surface area contributed by atoms with Crippen LogP contribution in [0.1, 0.15) is 31.8 Å². The molecule has 2 N–H and O–H groups in total. The number of thiophene rings is 1. The predicted octanol–water partition coefficient (Wildman–Crippen LogP) is 3.32. The van der Waals surface area contributed by atoms with E-state index in [-0.39, 0.29) is 11.5 Å². The number of carbonyl (C=O) groups is 2. The summed E-state index contributed by atoms with van der Waals surface area (Å²) in [6.45, 7) is 3.69. The largest absolute Gasteiger partial charge is 0.478 e. The van der Waals surface area contributed by atoms with E-state index >= 15 is 0 Å². The van der Waals surface area contributed by atoms with Gasteiger partial charge in [-0.2, -0.15) is 11.3 Å². The Morgan fingerprint density at radius 3 is 2.47 bits per heavy atom. The van der Waals surface area contributed by atoms with Gasteiger partial charge in [-0.1, -0.05) is 6.07 Å². The molecule has 1 amide bonds. The van der Waals surface area contributed by atoms with E-state index in [4.69, 9.17) is 5.11 Å². The van der Waals surface area contributed by atoms with Gasteiger partial charge in [0.05, 0.1) is 11.1 Å². The molecule has 4 nitrogen and oxygen atoms in total. The zero-order valence-electron chi connectivity index (χ0n) is 10.6. The average molecular weight is 275 g/mol. The van der Waals surface area contributed by atoms with Crippen LogP contribution in [0.2, 0.25) is 0 Å². The van der Waals surface area contributed by atoms with Crippen molar-refractivity contribution in [1.82, 2.24) is 0 Å². The summed E-state index contributed by atoms with van der Waals surface area (Å²) in [6.07, 6.45) is 0. The smallest absolute Gasteiger partial charge is 0.335 e. The van der Waals surface area contributed by atoms with E-state index < -0.39 is 5.97 Å². The van der Waals surface area contributed by atoms with Gasteiger partial charge in [0.2, 0.25) is 0 Å². The standard InChI is InChI=1S/C14H13NO3S/c1-8-3-4-10(14(17)18)5-12(8)15-13(16)11-7-19-6-9(11)2/h3-7H,1-2H3,(H,15,16)(H,17,18). The molecule has 19 heavy (non-hydrogen) atoms. The summed E-state index contributed by atoms with van der Waals surface area (Å²) in [6, 6.07) is 4.67. The molecule has 2 aromatic rings. The third-order valence-electron chi connectivity index (χ3n) is 2.83. The number of aryl methyl sites for hydroxylation is 2. The van der Waals surface area contributed by atoms with E-state index in [1.807, 2.05) is 19.2 Å². The molecule has 0 aliphatic rings. The molecule has 0 spiro atoms. The zero-order valence-corrected chi connectivity index (χ0v) is 11.4. The summed E-state index contributed by atoms with van der Waals surface area (Å²) in [7, 11) is 0. The molecule has 0 saturated carbocycles. The minimum atomic E-state index is -1.01. The second-order valence-electron chi connectivity index (χ2n) is 4.26. The van der Waals surface area contributed by atoms with Crippen molar-refractivity contribution in [3.05, 3.63) is 51.2 Å². The fourth-order valence-electron chi connectivity index (χ4n) is 1.67. The van der Waals surface area contributed by atoms with E-state index in [1.54, 1.807) is 11.4 Å². The van der Waals surface area contributed by atoms with Gasteiger partial charge in [-0.05, 0) is 42.5 Å². The topological polar surface area (TPSA) is 66.4 Å². The fourth-order valence-corrected chi connectivity index (χ4v) is 2.50. The number of carboxylic acids is 1. The quantitative estimate of drug-likeness (QED) is 0.903. The monoisotopic (exact) mass is 275 g/mol. The second kappa shape index (κ2) is 5.24. The van der Waals surface area contributed by atoms with Crippen LogP contribution in [0.3, 0.4) is 0 Å². The number of amides is 1. The number of hydrogen-bond acceptors (Lipinski definition) is 3. The van der Waals surface area contributed by atoms with Gasteiger partial charge in [0.1, 0.15) is 0 Å².